The molecule has 2 heterocycles. The first-order chi connectivity index (χ1) is 14.8. The molecule has 0 fully saturated rings. The SMILES string of the molecule is CCn1c(-c2cccc(-c3cccc4c3sc3ccccc34)c2)nc2ccccc21. The largest absolute Gasteiger partial charge is 0.324 e. The standard InChI is InChI=1S/C27H20N2S/c1-2-29-24-15-5-4-14-23(24)28-27(29)19-10-7-9-18(17-19)20-12-8-13-22-21-11-3-6-16-25(21)30-26(20)22/h3-17H,2H2,1H3. The molecule has 0 bridgehead atoms. The van der Waals surface area contributed by atoms with Gasteiger partial charge in [0.25, 0.3) is 0 Å². The molecule has 0 spiro atoms. The normalized spacial score (nSPS) is 11.6. The van der Waals surface area contributed by atoms with Gasteiger partial charge in [0.1, 0.15) is 5.82 Å². The second-order valence-corrected chi connectivity index (χ2v) is 8.58. The summed E-state index contributed by atoms with van der Waals surface area (Å²) in [5.74, 6) is 1.03. The lowest BCUT2D eigenvalue weighted by molar-refractivity contribution is 0.796. The fourth-order valence-corrected chi connectivity index (χ4v) is 5.65. The van der Waals surface area contributed by atoms with Gasteiger partial charge in [0, 0.05) is 32.3 Å². The van der Waals surface area contributed by atoms with Gasteiger partial charge in [0.05, 0.1) is 11.0 Å². The molecule has 0 unspecified atom stereocenters. The summed E-state index contributed by atoms with van der Waals surface area (Å²) in [4.78, 5) is 4.95. The molecule has 0 N–H and O–H groups in total. The minimum atomic E-state index is 0.895. The monoisotopic (exact) mass is 404 g/mol. The van der Waals surface area contributed by atoms with Crippen LogP contribution in [-0.4, -0.2) is 9.55 Å². The third-order valence-corrected chi connectivity index (χ3v) is 7.03. The third kappa shape index (κ3) is 2.59. The van der Waals surface area contributed by atoms with Gasteiger partial charge in [-0.05, 0) is 42.3 Å². The summed E-state index contributed by atoms with van der Waals surface area (Å²) in [6.45, 7) is 3.07. The van der Waals surface area contributed by atoms with E-state index in [1.807, 2.05) is 11.3 Å². The number of fused-ring (bicyclic) bond motifs is 4. The number of rotatable bonds is 3. The van der Waals surface area contributed by atoms with Crippen LogP contribution in [0.1, 0.15) is 6.92 Å². The molecule has 4 aromatic carbocycles. The van der Waals surface area contributed by atoms with Crippen molar-refractivity contribution in [1.82, 2.24) is 9.55 Å². The zero-order valence-electron chi connectivity index (χ0n) is 16.7. The van der Waals surface area contributed by atoms with Crippen LogP contribution in [0.2, 0.25) is 0 Å². The van der Waals surface area contributed by atoms with Crippen LogP contribution in [0.5, 0.6) is 0 Å². The molecule has 2 aromatic heterocycles. The van der Waals surface area contributed by atoms with Crippen molar-refractivity contribution in [3.63, 3.8) is 0 Å². The lowest BCUT2D eigenvalue weighted by atomic mass is 10.0. The van der Waals surface area contributed by atoms with Crippen LogP contribution >= 0.6 is 11.3 Å². The van der Waals surface area contributed by atoms with Crippen LogP contribution in [0.25, 0.3) is 53.7 Å². The third-order valence-electron chi connectivity index (χ3n) is 5.81. The van der Waals surface area contributed by atoms with Crippen molar-refractivity contribution >= 4 is 42.5 Å². The molecule has 0 saturated heterocycles. The summed E-state index contributed by atoms with van der Waals surface area (Å²) in [7, 11) is 0. The Kier molecular flexibility index (Phi) is 3.96. The van der Waals surface area contributed by atoms with E-state index in [1.165, 1.54) is 36.8 Å². The highest BCUT2D eigenvalue weighted by Gasteiger charge is 2.14. The fourth-order valence-electron chi connectivity index (χ4n) is 4.42. The van der Waals surface area contributed by atoms with Crippen molar-refractivity contribution in [1.29, 1.82) is 0 Å². The first-order valence-electron chi connectivity index (χ1n) is 10.3. The molecular formula is C27H20N2S. The summed E-state index contributed by atoms with van der Waals surface area (Å²) >= 11 is 1.88. The maximum atomic E-state index is 4.95. The number of thiophene rings is 1. The van der Waals surface area contributed by atoms with E-state index < -0.39 is 0 Å². The van der Waals surface area contributed by atoms with E-state index in [0.29, 0.717) is 0 Å². The second kappa shape index (κ2) is 6.82. The molecule has 0 saturated carbocycles. The summed E-state index contributed by atoms with van der Waals surface area (Å²) in [6.07, 6.45) is 0. The zero-order chi connectivity index (χ0) is 20.1. The van der Waals surface area contributed by atoms with Crippen LogP contribution in [0.15, 0.2) is 91.0 Å². The molecule has 0 radical (unpaired) electrons. The Morgan fingerprint density at radius 3 is 2.47 bits per heavy atom. The topological polar surface area (TPSA) is 17.8 Å². The van der Waals surface area contributed by atoms with Gasteiger partial charge in [-0.2, -0.15) is 0 Å². The van der Waals surface area contributed by atoms with Crippen molar-refractivity contribution < 1.29 is 0 Å². The number of para-hydroxylation sites is 2. The van der Waals surface area contributed by atoms with E-state index in [0.717, 1.165) is 23.4 Å². The van der Waals surface area contributed by atoms with Crippen LogP contribution in [0.3, 0.4) is 0 Å². The van der Waals surface area contributed by atoms with Gasteiger partial charge in [-0.3, -0.25) is 0 Å². The first-order valence-corrected chi connectivity index (χ1v) is 11.1. The van der Waals surface area contributed by atoms with Crippen LogP contribution in [0, 0.1) is 0 Å². The molecule has 30 heavy (non-hydrogen) atoms. The fraction of sp³-hybridized carbons (Fsp3) is 0.0741. The Labute approximate surface area is 179 Å². The number of imidazole rings is 1. The van der Waals surface area contributed by atoms with E-state index in [2.05, 4.69) is 102 Å². The van der Waals surface area contributed by atoms with Crippen LogP contribution in [0.4, 0.5) is 0 Å². The van der Waals surface area contributed by atoms with Gasteiger partial charge in [0.15, 0.2) is 0 Å². The van der Waals surface area contributed by atoms with Gasteiger partial charge < -0.3 is 4.57 Å². The Hall–Kier alpha value is -3.43. The van der Waals surface area contributed by atoms with E-state index in [9.17, 15) is 0 Å². The van der Waals surface area contributed by atoms with E-state index >= 15 is 0 Å². The lowest BCUT2D eigenvalue weighted by Crippen LogP contribution is -1.97. The number of nitrogens with zero attached hydrogens (tertiary/aromatic N) is 2. The molecule has 2 nitrogen and oxygen atoms in total. The molecule has 3 heteroatoms. The zero-order valence-corrected chi connectivity index (χ0v) is 17.5. The number of hydrogen-bond acceptors (Lipinski definition) is 2. The van der Waals surface area contributed by atoms with Gasteiger partial charge in [-0.25, -0.2) is 4.98 Å². The highest BCUT2D eigenvalue weighted by Crippen LogP contribution is 2.40. The minimum absolute atomic E-state index is 0.895. The van der Waals surface area contributed by atoms with Crippen molar-refractivity contribution in [2.75, 3.05) is 0 Å². The van der Waals surface area contributed by atoms with Gasteiger partial charge >= 0.3 is 0 Å². The Balaban J connectivity index is 1.57. The molecule has 0 atom stereocenters. The minimum Gasteiger partial charge on any atom is -0.324 e. The van der Waals surface area contributed by atoms with Crippen LogP contribution in [-0.2, 0) is 6.54 Å². The summed E-state index contributed by atoms with van der Waals surface area (Å²) in [6, 6.07) is 32.5. The van der Waals surface area contributed by atoms with Gasteiger partial charge in [-0.15, -0.1) is 11.3 Å². The number of hydrogen-bond donors (Lipinski definition) is 0. The highest BCUT2D eigenvalue weighted by atomic mass is 32.1. The molecule has 6 rings (SSSR count). The second-order valence-electron chi connectivity index (χ2n) is 7.53. The average molecular weight is 405 g/mol. The predicted molar refractivity (Wildman–Crippen MR) is 129 cm³/mol. The average Bonchev–Trinajstić information content (AvgIpc) is 3.37. The summed E-state index contributed by atoms with van der Waals surface area (Å²) in [5.41, 5.74) is 5.91. The maximum Gasteiger partial charge on any atom is 0.141 e. The molecule has 0 amide bonds. The first kappa shape index (κ1) is 17.4. The Morgan fingerprint density at radius 1 is 0.767 bits per heavy atom. The molecule has 0 aliphatic heterocycles. The van der Waals surface area contributed by atoms with Crippen molar-refractivity contribution in [2.45, 2.75) is 13.5 Å². The molecular weight excluding hydrogens is 384 g/mol. The van der Waals surface area contributed by atoms with E-state index in [-0.39, 0.29) is 0 Å². The van der Waals surface area contributed by atoms with Crippen LogP contribution < -0.4 is 0 Å². The maximum absolute atomic E-state index is 4.95. The molecule has 144 valence electrons. The van der Waals surface area contributed by atoms with Gasteiger partial charge in [0.2, 0.25) is 0 Å². The quantitative estimate of drug-likeness (QED) is 0.295. The summed E-state index contributed by atoms with van der Waals surface area (Å²) < 4.78 is 4.98. The molecule has 0 aliphatic carbocycles. The predicted octanol–water partition coefficient (Wildman–Crippen LogP) is 7.76. The number of aromatic nitrogens is 2. The lowest BCUT2D eigenvalue weighted by Gasteiger charge is -2.09. The van der Waals surface area contributed by atoms with Gasteiger partial charge in [-0.1, -0.05) is 66.7 Å². The van der Waals surface area contributed by atoms with E-state index in [4.69, 9.17) is 4.98 Å². The van der Waals surface area contributed by atoms with Crippen molar-refractivity contribution in [3.05, 3.63) is 91.0 Å². The number of benzene rings is 4. The smallest absolute Gasteiger partial charge is 0.141 e. The van der Waals surface area contributed by atoms with Crippen molar-refractivity contribution in [2.24, 2.45) is 0 Å². The van der Waals surface area contributed by atoms with Crippen molar-refractivity contribution in [3.8, 4) is 22.5 Å². The Bertz CT molecular complexity index is 1540. The highest BCUT2D eigenvalue weighted by molar-refractivity contribution is 7.26. The molecule has 6 aromatic rings. The number of aryl methyl sites for hydroxylation is 1. The summed E-state index contributed by atoms with van der Waals surface area (Å²) in [5, 5.41) is 2.67. The Morgan fingerprint density at radius 2 is 1.53 bits per heavy atom. The van der Waals surface area contributed by atoms with E-state index in [1.54, 1.807) is 0 Å². The molecule has 0 aliphatic rings.